The van der Waals surface area contributed by atoms with Crippen molar-refractivity contribution in [2.24, 2.45) is 0 Å². The van der Waals surface area contributed by atoms with Crippen molar-refractivity contribution in [2.45, 2.75) is 6.42 Å². The highest BCUT2D eigenvalue weighted by Gasteiger charge is 2.18. The number of H-pyrrole nitrogens is 1. The van der Waals surface area contributed by atoms with Gasteiger partial charge in [0, 0.05) is 29.6 Å². The van der Waals surface area contributed by atoms with E-state index in [1.165, 1.54) is 6.07 Å². The molecule has 0 saturated carbocycles. The van der Waals surface area contributed by atoms with E-state index < -0.39 is 4.92 Å². The molecule has 3 aromatic rings. The molecule has 0 amide bonds. The zero-order valence-electron chi connectivity index (χ0n) is 11.1. The molecule has 0 fully saturated rings. The first kappa shape index (κ1) is 13.1. The Morgan fingerprint density at radius 3 is 2.57 bits per heavy atom. The monoisotopic (exact) mass is 280 g/mol. The van der Waals surface area contributed by atoms with Gasteiger partial charge in [-0.25, -0.2) is 0 Å². The average molecular weight is 280 g/mol. The van der Waals surface area contributed by atoms with Crippen molar-refractivity contribution in [1.29, 1.82) is 0 Å². The number of aromatic nitrogens is 1. The Kier molecular flexibility index (Phi) is 3.23. The van der Waals surface area contributed by atoms with Crippen LogP contribution in [0.3, 0.4) is 0 Å². The topological polar surface area (TPSA) is 76.0 Å². The Balaban J connectivity index is 2.00. The number of hydrogen-bond acceptors (Lipinski definition) is 3. The van der Waals surface area contributed by atoms with Gasteiger partial charge in [0.05, 0.1) is 4.92 Å². The number of non-ortho nitro benzene ring substituents is 1. The first-order chi connectivity index (χ1) is 10.2. The number of hydrogen-bond donors (Lipinski definition) is 1. The van der Waals surface area contributed by atoms with Crippen LogP contribution in [0.15, 0.2) is 54.7 Å². The van der Waals surface area contributed by atoms with Gasteiger partial charge < -0.3 is 4.98 Å². The summed E-state index contributed by atoms with van der Waals surface area (Å²) in [6, 6.07) is 14.1. The molecule has 0 aliphatic rings. The lowest BCUT2D eigenvalue weighted by molar-refractivity contribution is -0.383. The fourth-order valence-corrected chi connectivity index (χ4v) is 2.40. The van der Waals surface area contributed by atoms with E-state index in [9.17, 15) is 14.9 Å². The van der Waals surface area contributed by atoms with E-state index in [1.54, 1.807) is 18.3 Å². The molecule has 0 radical (unpaired) electrons. The summed E-state index contributed by atoms with van der Waals surface area (Å²) >= 11 is 0. The van der Waals surface area contributed by atoms with Crippen LogP contribution in [0.5, 0.6) is 0 Å². The zero-order valence-corrected chi connectivity index (χ0v) is 11.1. The van der Waals surface area contributed by atoms with Crippen molar-refractivity contribution in [2.75, 3.05) is 0 Å². The van der Waals surface area contributed by atoms with Crippen LogP contribution < -0.4 is 0 Å². The molecule has 0 bridgehead atoms. The van der Waals surface area contributed by atoms with Crippen molar-refractivity contribution < 1.29 is 9.72 Å². The summed E-state index contributed by atoms with van der Waals surface area (Å²) in [5.41, 5.74) is 1.77. The van der Waals surface area contributed by atoms with Gasteiger partial charge in [-0.15, -0.1) is 0 Å². The van der Waals surface area contributed by atoms with E-state index in [0.717, 1.165) is 5.56 Å². The van der Waals surface area contributed by atoms with Crippen LogP contribution in [-0.4, -0.2) is 15.7 Å². The first-order valence-electron chi connectivity index (χ1n) is 6.48. The minimum Gasteiger partial charge on any atom is -0.355 e. The van der Waals surface area contributed by atoms with Crippen LogP contribution in [0, 0.1) is 10.1 Å². The Bertz CT molecular complexity index is 822. The Morgan fingerprint density at radius 1 is 1.10 bits per heavy atom. The molecule has 0 atom stereocenters. The van der Waals surface area contributed by atoms with Crippen LogP contribution in [0.4, 0.5) is 5.69 Å². The van der Waals surface area contributed by atoms with Gasteiger partial charge in [0.1, 0.15) is 5.52 Å². The molecule has 0 unspecified atom stereocenters. The highest BCUT2D eigenvalue weighted by molar-refractivity contribution is 6.10. The second kappa shape index (κ2) is 5.20. The third kappa shape index (κ3) is 2.41. The molecule has 0 aliphatic carbocycles. The minimum atomic E-state index is -0.454. The second-order valence-electron chi connectivity index (χ2n) is 4.74. The molecular formula is C16H12N2O3. The number of carbonyl (C=O) groups excluding carboxylic acids is 1. The maximum absolute atomic E-state index is 12.4. The third-order valence-corrected chi connectivity index (χ3v) is 3.40. The van der Waals surface area contributed by atoms with E-state index in [2.05, 4.69) is 4.98 Å². The molecule has 104 valence electrons. The predicted octanol–water partition coefficient (Wildman–Crippen LogP) is 3.50. The van der Waals surface area contributed by atoms with Crippen molar-refractivity contribution in [3.05, 3.63) is 76.0 Å². The summed E-state index contributed by atoms with van der Waals surface area (Å²) in [7, 11) is 0. The maximum Gasteiger partial charge on any atom is 0.293 e. The standard InChI is InChI=1S/C16H12N2O3/c19-15(9-11-5-2-1-3-6-11)13-10-17-16-12(13)7-4-8-14(16)18(20)21/h1-8,10,17H,9H2. The number of nitrogens with zero attached hydrogens (tertiary/aromatic N) is 1. The van der Waals surface area contributed by atoms with Gasteiger partial charge in [-0.2, -0.15) is 0 Å². The van der Waals surface area contributed by atoms with Crippen LogP contribution in [0.1, 0.15) is 15.9 Å². The largest absolute Gasteiger partial charge is 0.355 e. The van der Waals surface area contributed by atoms with Gasteiger partial charge >= 0.3 is 0 Å². The maximum atomic E-state index is 12.4. The number of benzene rings is 2. The summed E-state index contributed by atoms with van der Waals surface area (Å²) < 4.78 is 0. The van der Waals surface area contributed by atoms with Crippen LogP contribution in [0.2, 0.25) is 0 Å². The van der Waals surface area contributed by atoms with Gasteiger partial charge in [0.15, 0.2) is 5.78 Å². The van der Waals surface area contributed by atoms with Gasteiger partial charge in [-0.1, -0.05) is 42.5 Å². The number of para-hydroxylation sites is 1. The molecule has 1 heterocycles. The van der Waals surface area contributed by atoms with E-state index in [-0.39, 0.29) is 17.9 Å². The smallest absolute Gasteiger partial charge is 0.293 e. The summed E-state index contributed by atoms with van der Waals surface area (Å²) in [4.78, 5) is 25.8. The highest BCUT2D eigenvalue weighted by Crippen LogP contribution is 2.27. The number of rotatable bonds is 4. The number of nitrogens with one attached hydrogen (secondary N) is 1. The van der Waals surface area contributed by atoms with Crippen LogP contribution in [0.25, 0.3) is 10.9 Å². The molecule has 1 aromatic heterocycles. The molecule has 0 spiro atoms. The highest BCUT2D eigenvalue weighted by atomic mass is 16.6. The van der Waals surface area contributed by atoms with E-state index in [4.69, 9.17) is 0 Å². The molecular weight excluding hydrogens is 268 g/mol. The normalized spacial score (nSPS) is 10.7. The minimum absolute atomic E-state index is 0.0220. The number of ketones is 1. The number of nitro groups is 1. The zero-order chi connectivity index (χ0) is 14.8. The predicted molar refractivity (Wildman–Crippen MR) is 79.4 cm³/mol. The molecule has 2 aromatic carbocycles. The van der Waals surface area contributed by atoms with Crippen LogP contribution in [-0.2, 0) is 6.42 Å². The Morgan fingerprint density at radius 2 is 1.86 bits per heavy atom. The quantitative estimate of drug-likeness (QED) is 0.451. The van der Waals surface area contributed by atoms with E-state index in [1.807, 2.05) is 30.3 Å². The number of Topliss-reactive ketones (excluding diaryl/α,β-unsaturated/α-hetero) is 1. The van der Waals surface area contributed by atoms with Gasteiger partial charge in [-0.3, -0.25) is 14.9 Å². The number of fused-ring (bicyclic) bond motifs is 1. The second-order valence-corrected chi connectivity index (χ2v) is 4.74. The lowest BCUT2D eigenvalue weighted by Gasteiger charge is -2.00. The lowest BCUT2D eigenvalue weighted by atomic mass is 10.0. The summed E-state index contributed by atoms with van der Waals surface area (Å²) in [6.07, 6.45) is 1.82. The van der Waals surface area contributed by atoms with Gasteiger partial charge in [0.2, 0.25) is 0 Å². The lowest BCUT2D eigenvalue weighted by Crippen LogP contribution is -2.02. The molecule has 0 saturated heterocycles. The SMILES string of the molecule is O=C(Cc1ccccc1)c1c[nH]c2c([N+](=O)[O-])cccc12. The van der Waals surface area contributed by atoms with Crippen molar-refractivity contribution in [3.63, 3.8) is 0 Å². The summed E-state index contributed by atoms with van der Waals surface area (Å²) in [5.74, 6) is -0.0621. The van der Waals surface area contributed by atoms with E-state index >= 15 is 0 Å². The number of carbonyl (C=O) groups is 1. The molecule has 1 N–H and O–H groups in total. The molecule has 5 nitrogen and oxygen atoms in total. The van der Waals surface area contributed by atoms with Crippen molar-refractivity contribution in [1.82, 2.24) is 4.98 Å². The molecule has 3 rings (SSSR count). The third-order valence-electron chi connectivity index (χ3n) is 3.40. The summed E-state index contributed by atoms with van der Waals surface area (Å²) in [5, 5.41) is 11.6. The molecule has 21 heavy (non-hydrogen) atoms. The van der Waals surface area contributed by atoms with E-state index in [0.29, 0.717) is 16.5 Å². The Labute approximate surface area is 120 Å². The fraction of sp³-hybridized carbons (Fsp3) is 0.0625. The van der Waals surface area contributed by atoms with Crippen LogP contribution >= 0.6 is 0 Å². The van der Waals surface area contributed by atoms with Gasteiger partial charge in [0.25, 0.3) is 5.69 Å². The molecule has 0 aliphatic heterocycles. The van der Waals surface area contributed by atoms with Gasteiger partial charge in [-0.05, 0) is 5.56 Å². The summed E-state index contributed by atoms with van der Waals surface area (Å²) in [6.45, 7) is 0. The fourth-order valence-electron chi connectivity index (χ4n) is 2.40. The average Bonchev–Trinajstić information content (AvgIpc) is 2.92. The number of nitro benzene ring substituents is 1. The van der Waals surface area contributed by atoms with Crippen molar-refractivity contribution in [3.8, 4) is 0 Å². The Hall–Kier alpha value is -2.95. The number of aromatic amines is 1. The first-order valence-corrected chi connectivity index (χ1v) is 6.48. The molecule has 5 heteroatoms. The van der Waals surface area contributed by atoms with Crippen molar-refractivity contribution >= 4 is 22.4 Å².